The van der Waals surface area contributed by atoms with E-state index >= 15 is 0 Å². The van der Waals surface area contributed by atoms with Crippen LogP contribution in [0.25, 0.3) is 0 Å². The second kappa shape index (κ2) is 2.95. The zero-order valence-corrected chi connectivity index (χ0v) is 8.07. The summed E-state index contributed by atoms with van der Waals surface area (Å²) in [5.74, 6) is 0.732. The Balaban J connectivity index is 2.15. The van der Waals surface area contributed by atoms with Crippen molar-refractivity contribution >= 4 is 0 Å². The molecular formula is C11H14N2O. The van der Waals surface area contributed by atoms with Crippen LogP contribution in [-0.4, -0.2) is 17.7 Å². The fourth-order valence-corrected chi connectivity index (χ4v) is 2.78. The van der Waals surface area contributed by atoms with Gasteiger partial charge in [0.05, 0.1) is 0 Å². The first-order valence-electron chi connectivity index (χ1n) is 5.26. The zero-order valence-electron chi connectivity index (χ0n) is 8.07. The molecule has 14 heavy (non-hydrogen) atoms. The van der Waals surface area contributed by atoms with Crippen LogP contribution in [0.4, 0.5) is 0 Å². The molecule has 0 radical (unpaired) electrons. The van der Waals surface area contributed by atoms with Crippen LogP contribution in [0.5, 0.6) is 0 Å². The lowest BCUT2D eigenvalue weighted by atomic mass is 9.87. The lowest BCUT2D eigenvalue weighted by Crippen LogP contribution is -2.46. The summed E-state index contributed by atoms with van der Waals surface area (Å²) in [6.45, 7) is 2.06. The molecule has 1 saturated heterocycles. The molecule has 2 unspecified atom stereocenters. The fourth-order valence-electron chi connectivity index (χ4n) is 2.78. The van der Waals surface area contributed by atoms with Crippen LogP contribution in [0.2, 0.25) is 0 Å². The summed E-state index contributed by atoms with van der Waals surface area (Å²) >= 11 is 0. The van der Waals surface area contributed by atoms with E-state index in [9.17, 15) is 4.79 Å². The molecule has 1 N–H and O–H groups in total. The van der Waals surface area contributed by atoms with Gasteiger partial charge in [-0.3, -0.25) is 4.79 Å². The topological polar surface area (TPSA) is 34.0 Å². The number of hydrogen-bond acceptors (Lipinski definition) is 2. The van der Waals surface area contributed by atoms with Gasteiger partial charge in [-0.2, -0.15) is 0 Å². The number of fused-ring (bicyclic) bond motifs is 4. The molecule has 1 fully saturated rings. The predicted molar refractivity (Wildman–Crippen MR) is 54.4 cm³/mol. The molecule has 0 aliphatic carbocycles. The Morgan fingerprint density at radius 3 is 3.21 bits per heavy atom. The minimum absolute atomic E-state index is 0.162. The standard InChI is InChI=1S/C11H14N2O/c14-11-3-1-2-9-4-8-5-10(13(9)11)7-12-6-8/h1-3,8,10,12H,4-7H2. The molecule has 3 nitrogen and oxygen atoms in total. The maximum absolute atomic E-state index is 11.7. The van der Waals surface area contributed by atoms with Crippen LogP contribution in [0.15, 0.2) is 23.0 Å². The van der Waals surface area contributed by atoms with Gasteiger partial charge in [0.1, 0.15) is 0 Å². The van der Waals surface area contributed by atoms with Crippen LogP contribution in [0, 0.1) is 5.92 Å². The van der Waals surface area contributed by atoms with Gasteiger partial charge in [-0.15, -0.1) is 0 Å². The van der Waals surface area contributed by atoms with Crippen molar-refractivity contribution in [2.75, 3.05) is 13.1 Å². The monoisotopic (exact) mass is 190 g/mol. The summed E-state index contributed by atoms with van der Waals surface area (Å²) in [5.41, 5.74) is 1.38. The number of aromatic nitrogens is 1. The number of hydrogen-bond donors (Lipinski definition) is 1. The van der Waals surface area contributed by atoms with Crippen molar-refractivity contribution in [1.82, 2.24) is 9.88 Å². The van der Waals surface area contributed by atoms with Crippen LogP contribution in [-0.2, 0) is 6.42 Å². The lowest BCUT2D eigenvalue weighted by molar-refractivity contribution is 0.239. The van der Waals surface area contributed by atoms with Crippen LogP contribution >= 0.6 is 0 Å². The number of pyridine rings is 1. The van der Waals surface area contributed by atoms with E-state index < -0.39 is 0 Å². The van der Waals surface area contributed by atoms with Gasteiger partial charge in [-0.1, -0.05) is 6.07 Å². The molecule has 2 aliphatic heterocycles. The van der Waals surface area contributed by atoms with Crippen molar-refractivity contribution in [3.63, 3.8) is 0 Å². The summed E-state index contributed by atoms with van der Waals surface area (Å²) in [4.78, 5) is 11.7. The smallest absolute Gasteiger partial charge is 0.251 e. The van der Waals surface area contributed by atoms with Gasteiger partial charge in [0, 0.05) is 24.3 Å². The highest BCUT2D eigenvalue weighted by Gasteiger charge is 2.29. The van der Waals surface area contributed by atoms with Gasteiger partial charge in [-0.05, 0) is 31.4 Å². The Morgan fingerprint density at radius 2 is 2.29 bits per heavy atom. The highest BCUT2D eigenvalue weighted by atomic mass is 16.1. The van der Waals surface area contributed by atoms with E-state index in [1.165, 1.54) is 12.1 Å². The number of rotatable bonds is 0. The Bertz CT molecular complexity index is 410. The summed E-state index contributed by atoms with van der Waals surface area (Å²) in [7, 11) is 0. The van der Waals surface area contributed by atoms with Gasteiger partial charge >= 0.3 is 0 Å². The maximum atomic E-state index is 11.7. The minimum atomic E-state index is 0.162. The molecule has 2 aliphatic rings. The van der Waals surface area contributed by atoms with E-state index in [2.05, 4.69) is 11.4 Å². The fraction of sp³-hybridized carbons (Fsp3) is 0.545. The molecule has 2 bridgehead atoms. The van der Waals surface area contributed by atoms with Gasteiger partial charge < -0.3 is 9.88 Å². The van der Waals surface area contributed by atoms with E-state index in [0.29, 0.717) is 6.04 Å². The maximum Gasteiger partial charge on any atom is 0.251 e. The molecule has 3 heteroatoms. The molecule has 0 aromatic carbocycles. The Labute approximate surface area is 82.8 Å². The Kier molecular flexibility index (Phi) is 1.74. The van der Waals surface area contributed by atoms with Crippen molar-refractivity contribution in [1.29, 1.82) is 0 Å². The summed E-state index contributed by atoms with van der Waals surface area (Å²) in [5, 5.41) is 3.40. The largest absolute Gasteiger partial charge is 0.314 e. The quantitative estimate of drug-likeness (QED) is 0.648. The van der Waals surface area contributed by atoms with Crippen molar-refractivity contribution in [3.8, 4) is 0 Å². The van der Waals surface area contributed by atoms with Gasteiger partial charge in [0.25, 0.3) is 5.56 Å². The summed E-state index contributed by atoms with van der Waals surface area (Å²) in [6, 6.07) is 6.03. The molecule has 0 saturated carbocycles. The molecule has 3 heterocycles. The Hall–Kier alpha value is -1.09. The predicted octanol–water partition coefficient (Wildman–Crippen LogP) is 0.555. The SMILES string of the molecule is O=c1cccc2n1C1CNCC(C2)C1. The highest BCUT2D eigenvalue weighted by Crippen LogP contribution is 2.29. The third kappa shape index (κ3) is 1.12. The molecule has 0 amide bonds. The molecular weight excluding hydrogens is 176 g/mol. The average Bonchev–Trinajstić information content (AvgIpc) is 2.17. The number of piperidine rings is 1. The van der Waals surface area contributed by atoms with Crippen molar-refractivity contribution in [2.45, 2.75) is 18.9 Å². The van der Waals surface area contributed by atoms with Crippen LogP contribution in [0.1, 0.15) is 18.2 Å². The molecule has 1 aromatic rings. The van der Waals surface area contributed by atoms with Crippen molar-refractivity contribution < 1.29 is 0 Å². The molecule has 74 valence electrons. The number of nitrogens with one attached hydrogen (secondary N) is 1. The van der Waals surface area contributed by atoms with E-state index in [4.69, 9.17) is 0 Å². The first kappa shape index (κ1) is 8.24. The lowest BCUT2D eigenvalue weighted by Gasteiger charge is -2.37. The molecule has 2 atom stereocenters. The third-order valence-electron chi connectivity index (χ3n) is 3.36. The summed E-state index contributed by atoms with van der Waals surface area (Å²) < 4.78 is 1.97. The first-order valence-corrected chi connectivity index (χ1v) is 5.26. The van der Waals surface area contributed by atoms with Gasteiger partial charge in [0.2, 0.25) is 0 Å². The second-order valence-electron chi connectivity index (χ2n) is 4.34. The van der Waals surface area contributed by atoms with Crippen molar-refractivity contribution in [2.24, 2.45) is 5.92 Å². The minimum Gasteiger partial charge on any atom is -0.314 e. The number of nitrogens with zero attached hydrogens (tertiary/aromatic N) is 1. The Morgan fingerprint density at radius 1 is 1.36 bits per heavy atom. The van der Waals surface area contributed by atoms with Crippen molar-refractivity contribution in [3.05, 3.63) is 34.2 Å². The van der Waals surface area contributed by atoms with Gasteiger partial charge in [0.15, 0.2) is 0 Å². The van der Waals surface area contributed by atoms with E-state index in [-0.39, 0.29) is 5.56 Å². The highest BCUT2D eigenvalue weighted by molar-refractivity contribution is 5.13. The van der Waals surface area contributed by atoms with E-state index in [0.717, 1.165) is 25.4 Å². The molecule has 1 aromatic heterocycles. The summed E-state index contributed by atoms with van der Waals surface area (Å²) in [6.07, 6.45) is 2.23. The third-order valence-corrected chi connectivity index (χ3v) is 3.36. The normalized spacial score (nSPS) is 29.7. The van der Waals surface area contributed by atoms with Gasteiger partial charge in [-0.25, -0.2) is 0 Å². The van der Waals surface area contributed by atoms with E-state index in [1.807, 2.05) is 10.6 Å². The van der Waals surface area contributed by atoms with E-state index in [1.54, 1.807) is 6.07 Å². The first-order chi connectivity index (χ1) is 6.84. The van der Waals surface area contributed by atoms with Crippen LogP contribution in [0.3, 0.4) is 0 Å². The molecule has 3 rings (SSSR count). The second-order valence-corrected chi connectivity index (χ2v) is 4.34. The van der Waals surface area contributed by atoms with Crippen LogP contribution < -0.4 is 10.9 Å². The zero-order chi connectivity index (χ0) is 9.54. The average molecular weight is 190 g/mol. The molecule has 0 spiro atoms.